The van der Waals surface area contributed by atoms with E-state index in [9.17, 15) is 9.59 Å². The third-order valence-electron chi connectivity index (χ3n) is 3.32. The van der Waals surface area contributed by atoms with Gasteiger partial charge in [-0.3, -0.25) is 9.59 Å². The number of likely N-dealkylation sites (N-methyl/N-ethyl adjacent to an activating group) is 1. The Kier molecular flexibility index (Phi) is 3.59. The number of carbonyl (C=O) groups excluding carboxylic acids is 2. The molecule has 1 aliphatic rings. The number of amides is 2. The fraction of sp³-hybridized carbons (Fsp3) is 0.385. The van der Waals surface area contributed by atoms with Crippen molar-refractivity contribution in [3.8, 4) is 0 Å². The quantitative estimate of drug-likeness (QED) is 0.736. The molecule has 102 valence electrons. The van der Waals surface area contributed by atoms with Gasteiger partial charge in [-0.1, -0.05) is 6.07 Å². The average molecular weight is 262 g/mol. The number of primary amides is 1. The fourth-order valence-electron chi connectivity index (χ4n) is 2.29. The van der Waals surface area contributed by atoms with Gasteiger partial charge in [0.2, 0.25) is 5.91 Å². The number of nitrogen functional groups attached to an aromatic ring is 1. The van der Waals surface area contributed by atoms with Crippen LogP contribution in [0.5, 0.6) is 0 Å². The molecule has 2 amide bonds. The number of rotatable bonds is 2. The summed E-state index contributed by atoms with van der Waals surface area (Å²) >= 11 is 0. The van der Waals surface area contributed by atoms with Gasteiger partial charge in [0.25, 0.3) is 5.91 Å². The Morgan fingerprint density at radius 1 is 1.32 bits per heavy atom. The van der Waals surface area contributed by atoms with Crippen molar-refractivity contribution >= 4 is 23.2 Å². The van der Waals surface area contributed by atoms with Gasteiger partial charge in [-0.2, -0.15) is 0 Å². The number of hydrogen-bond donors (Lipinski definition) is 2. The molecule has 0 atom stereocenters. The lowest BCUT2D eigenvalue weighted by molar-refractivity contribution is -0.127. The second-order valence-electron chi connectivity index (χ2n) is 4.70. The Morgan fingerprint density at radius 3 is 2.74 bits per heavy atom. The minimum Gasteiger partial charge on any atom is -0.397 e. The van der Waals surface area contributed by atoms with Gasteiger partial charge in [-0.25, -0.2) is 0 Å². The van der Waals surface area contributed by atoms with Crippen LogP contribution in [-0.4, -0.2) is 43.4 Å². The first kappa shape index (κ1) is 13.2. The van der Waals surface area contributed by atoms with Crippen LogP contribution < -0.4 is 16.4 Å². The van der Waals surface area contributed by atoms with Crippen molar-refractivity contribution in [2.45, 2.75) is 6.42 Å². The highest BCUT2D eigenvalue weighted by Gasteiger charge is 2.23. The van der Waals surface area contributed by atoms with E-state index in [0.29, 0.717) is 30.0 Å². The predicted molar refractivity (Wildman–Crippen MR) is 73.8 cm³/mol. The molecule has 0 radical (unpaired) electrons. The van der Waals surface area contributed by atoms with Gasteiger partial charge in [0, 0.05) is 20.1 Å². The monoisotopic (exact) mass is 262 g/mol. The highest BCUT2D eigenvalue weighted by atomic mass is 16.2. The van der Waals surface area contributed by atoms with Gasteiger partial charge in [0.1, 0.15) is 0 Å². The number of nitrogens with zero attached hydrogens (tertiary/aromatic N) is 2. The Labute approximate surface area is 112 Å². The first-order chi connectivity index (χ1) is 9.00. The van der Waals surface area contributed by atoms with Crippen LogP contribution in [-0.2, 0) is 4.79 Å². The highest BCUT2D eigenvalue weighted by molar-refractivity contribution is 6.02. The molecule has 19 heavy (non-hydrogen) atoms. The van der Waals surface area contributed by atoms with Crippen molar-refractivity contribution in [1.29, 1.82) is 0 Å². The molecular formula is C13H18N4O2. The predicted octanol–water partition coefficient (Wildman–Crippen LogP) is 0.0362. The maximum Gasteiger partial charge on any atom is 0.250 e. The Balaban J connectivity index is 2.40. The topological polar surface area (TPSA) is 92.7 Å². The van der Waals surface area contributed by atoms with Crippen LogP contribution in [0.15, 0.2) is 18.2 Å². The zero-order valence-electron chi connectivity index (χ0n) is 10.9. The van der Waals surface area contributed by atoms with E-state index in [1.165, 1.54) is 0 Å². The molecule has 0 spiro atoms. The van der Waals surface area contributed by atoms with Gasteiger partial charge in [0.15, 0.2) is 0 Å². The molecule has 0 aliphatic carbocycles. The zero-order chi connectivity index (χ0) is 14.0. The summed E-state index contributed by atoms with van der Waals surface area (Å²) in [5.41, 5.74) is 12.7. The maximum atomic E-state index is 11.9. The summed E-state index contributed by atoms with van der Waals surface area (Å²) in [5.74, 6) is -0.525. The lowest BCUT2D eigenvalue weighted by atomic mass is 10.1. The first-order valence-electron chi connectivity index (χ1n) is 6.18. The molecule has 1 aliphatic heterocycles. The van der Waals surface area contributed by atoms with E-state index in [1.807, 2.05) is 4.90 Å². The summed E-state index contributed by atoms with van der Waals surface area (Å²) in [6.45, 7) is 1.59. The number of benzene rings is 1. The van der Waals surface area contributed by atoms with Crippen LogP contribution in [0.3, 0.4) is 0 Å². The molecule has 2 rings (SSSR count). The molecule has 6 heteroatoms. The molecule has 0 saturated carbocycles. The van der Waals surface area contributed by atoms with Crippen molar-refractivity contribution in [2.75, 3.05) is 37.3 Å². The second-order valence-corrected chi connectivity index (χ2v) is 4.70. The zero-order valence-corrected chi connectivity index (χ0v) is 10.9. The smallest absolute Gasteiger partial charge is 0.250 e. The molecule has 0 unspecified atom stereocenters. The number of para-hydroxylation sites is 1. The van der Waals surface area contributed by atoms with Crippen molar-refractivity contribution in [3.63, 3.8) is 0 Å². The minimum atomic E-state index is -0.535. The third-order valence-corrected chi connectivity index (χ3v) is 3.32. The summed E-state index contributed by atoms with van der Waals surface area (Å²) in [6.07, 6.45) is 0.828. The van der Waals surface area contributed by atoms with Crippen molar-refractivity contribution in [3.05, 3.63) is 23.8 Å². The summed E-state index contributed by atoms with van der Waals surface area (Å²) in [5, 5.41) is 0. The van der Waals surface area contributed by atoms with E-state index in [-0.39, 0.29) is 12.5 Å². The summed E-state index contributed by atoms with van der Waals surface area (Å²) in [4.78, 5) is 26.9. The third kappa shape index (κ3) is 2.62. The first-order valence-corrected chi connectivity index (χ1v) is 6.18. The highest BCUT2D eigenvalue weighted by Crippen LogP contribution is 2.28. The minimum absolute atomic E-state index is 0.0103. The fourth-order valence-corrected chi connectivity index (χ4v) is 2.29. The molecule has 1 heterocycles. The van der Waals surface area contributed by atoms with Gasteiger partial charge in [-0.15, -0.1) is 0 Å². The molecule has 4 N–H and O–H groups in total. The molecule has 1 fully saturated rings. The van der Waals surface area contributed by atoms with Crippen LogP contribution in [0.4, 0.5) is 11.4 Å². The molecule has 0 aromatic heterocycles. The number of hydrogen-bond acceptors (Lipinski definition) is 4. The van der Waals surface area contributed by atoms with E-state index in [1.54, 1.807) is 30.1 Å². The van der Waals surface area contributed by atoms with Crippen LogP contribution in [0.25, 0.3) is 0 Å². The standard InChI is InChI=1S/C13H18N4O2/c1-16-6-3-7-17(8-11(16)18)12-9(13(15)19)4-2-5-10(12)14/h2,4-5H,3,6-8,14H2,1H3,(H2,15,19). The Hall–Kier alpha value is -2.24. The largest absolute Gasteiger partial charge is 0.397 e. The number of nitrogens with two attached hydrogens (primary N) is 2. The molecule has 1 saturated heterocycles. The lowest BCUT2D eigenvalue weighted by Gasteiger charge is -2.25. The molecular weight excluding hydrogens is 244 g/mol. The summed E-state index contributed by atoms with van der Waals surface area (Å²) < 4.78 is 0. The van der Waals surface area contributed by atoms with Crippen molar-refractivity contribution in [2.24, 2.45) is 5.73 Å². The lowest BCUT2D eigenvalue weighted by Crippen LogP contribution is -2.35. The molecule has 1 aromatic carbocycles. The van der Waals surface area contributed by atoms with E-state index >= 15 is 0 Å². The molecule has 0 bridgehead atoms. The molecule has 1 aromatic rings. The SMILES string of the molecule is CN1CCCN(c2c(N)cccc2C(N)=O)CC1=O. The average Bonchev–Trinajstić information content (AvgIpc) is 2.51. The van der Waals surface area contributed by atoms with Crippen LogP contribution in [0.2, 0.25) is 0 Å². The number of anilines is 2. The molecule has 6 nitrogen and oxygen atoms in total. The van der Waals surface area contributed by atoms with Crippen molar-refractivity contribution < 1.29 is 9.59 Å². The number of carbonyl (C=O) groups is 2. The van der Waals surface area contributed by atoms with E-state index in [4.69, 9.17) is 11.5 Å². The van der Waals surface area contributed by atoms with Crippen molar-refractivity contribution in [1.82, 2.24) is 4.90 Å². The van der Waals surface area contributed by atoms with E-state index in [2.05, 4.69) is 0 Å². The van der Waals surface area contributed by atoms with Gasteiger partial charge < -0.3 is 21.3 Å². The van der Waals surface area contributed by atoms with Gasteiger partial charge >= 0.3 is 0 Å². The van der Waals surface area contributed by atoms with E-state index < -0.39 is 5.91 Å². The Morgan fingerprint density at radius 2 is 2.05 bits per heavy atom. The van der Waals surface area contributed by atoms with E-state index in [0.717, 1.165) is 6.42 Å². The Bertz CT molecular complexity index is 515. The second kappa shape index (κ2) is 5.17. The van der Waals surface area contributed by atoms with Crippen LogP contribution >= 0.6 is 0 Å². The normalized spacial score (nSPS) is 16.4. The summed E-state index contributed by atoms with van der Waals surface area (Å²) in [6, 6.07) is 5.03. The van der Waals surface area contributed by atoms with Crippen LogP contribution in [0.1, 0.15) is 16.8 Å². The summed E-state index contributed by atoms with van der Waals surface area (Å²) in [7, 11) is 1.77. The van der Waals surface area contributed by atoms with Gasteiger partial charge in [0.05, 0.1) is 23.5 Å². The maximum absolute atomic E-state index is 11.9. The van der Waals surface area contributed by atoms with Crippen LogP contribution in [0, 0.1) is 0 Å². The van der Waals surface area contributed by atoms with Gasteiger partial charge in [-0.05, 0) is 18.6 Å².